The number of carbonyl (C=O) groups excluding carboxylic acids is 2. The molecule has 2 aromatic carbocycles. The minimum Gasteiger partial charge on any atom is -0.503 e. The first-order valence-electron chi connectivity index (χ1n) is 8.48. The summed E-state index contributed by atoms with van der Waals surface area (Å²) in [5.74, 6) is -0.620. The number of benzene rings is 2. The minimum atomic E-state index is -0.650. The molecule has 1 unspecified atom stereocenters. The number of aryl methyl sites for hydroxylation is 1. The zero-order chi connectivity index (χ0) is 18.8. The molecule has 1 aliphatic rings. The maximum atomic E-state index is 12.8. The van der Waals surface area contributed by atoms with E-state index < -0.39 is 17.7 Å². The van der Waals surface area contributed by atoms with Gasteiger partial charge in [-0.25, -0.2) is 0 Å². The molecular weight excluding hydrogens is 330 g/mol. The van der Waals surface area contributed by atoms with Crippen LogP contribution in [0.2, 0.25) is 0 Å². The first-order chi connectivity index (χ1) is 12.5. The molecule has 1 N–H and O–H groups in total. The Bertz CT molecular complexity index is 883. The van der Waals surface area contributed by atoms with Crippen LogP contribution in [-0.4, -0.2) is 23.9 Å². The lowest BCUT2D eigenvalue weighted by Gasteiger charge is -2.27. The number of Topliss-reactive ketones (excluding diaryl/α,β-unsaturated/α-hetero) is 1. The Morgan fingerprint density at radius 1 is 1.19 bits per heavy atom. The summed E-state index contributed by atoms with van der Waals surface area (Å²) in [5, 5.41) is 10.4. The van der Waals surface area contributed by atoms with Gasteiger partial charge in [-0.05, 0) is 36.8 Å². The van der Waals surface area contributed by atoms with Crippen LogP contribution in [0.15, 0.2) is 59.9 Å². The molecule has 3 rings (SSSR count). The minimum absolute atomic E-state index is 0.152. The number of anilines is 1. The molecular formula is C21H21NO4. The van der Waals surface area contributed by atoms with E-state index in [1.807, 2.05) is 31.2 Å². The second kappa shape index (κ2) is 7.04. The Balaban J connectivity index is 2.15. The molecule has 0 aromatic heterocycles. The van der Waals surface area contributed by atoms with E-state index in [9.17, 15) is 14.7 Å². The third kappa shape index (κ3) is 2.96. The molecule has 0 spiro atoms. The summed E-state index contributed by atoms with van der Waals surface area (Å²) in [6, 6.07) is 13.9. The molecule has 0 radical (unpaired) electrons. The SMILES string of the molecule is CCC(=O)C1=C(O)C(=O)N(c2ccc(OC)cc2)C1c1cccc(C)c1. The molecule has 0 fully saturated rings. The van der Waals surface area contributed by atoms with E-state index in [4.69, 9.17) is 4.74 Å². The third-order valence-electron chi connectivity index (χ3n) is 4.54. The molecule has 0 saturated carbocycles. The number of hydrogen-bond acceptors (Lipinski definition) is 4. The van der Waals surface area contributed by atoms with Crippen molar-refractivity contribution in [2.75, 3.05) is 12.0 Å². The highest BCUT2D eigenvalue weighted by Crippen LogP contribution is 2.41. The zero-order valence-electron chi connectivity index (χ0n) is 15.0. The van der Waals surface area contributed by atoms with Crippen LogP contribution in [0.5, 0.6) is 5.75 Å². The second-order valence-corrected chi connectivity index (χ2v) is 6.23. The molecule has 5 heteroatoms. The Morgan fingerprint density at radius 3 is 2.46 bits per heavy atom. The summed E-state index contributed by atoms with van der Waals surface area (Å²) in [4.78, 5) is 26.8. The smallest absolute Gasteiger partial charge is 0.294 e. The van der Waals surface area contributed by atoms with E-state index in [0.717, 1.165) is 11.1 Å². The van der Waals surface area contributed by atoms with Gasteiger partial charge in [0.05, 0.1) is 18.7 Å². The highest BCUT2D eigenvalue weighted by molar-refractivity contribution is 6.16. The molecule has 0 aliphatic carbocycles. The Hall–Kier alpha value is -3.08. The number of aliphatic hydroxyl groups excluding tert-OH is 1. The largest absolute Gasteiger partial charge is 0.503 e. The highest BCUT2D eigenvalue weighted by Gasteiger charge is 2.43. The summed E-state index contributed by atoms with van der Waals surface area (Å²) in [5.41, 5.74) is 2.54. The van der Waals surface area contributed by atoms with Crippen molar-refractivity contribution < 1.29 is 19.4 Å². The Labute approximate surface area is 152 Å². The van der Waals surface area contributed by atoms with Crippen LogP contribution in [0, 0.1) is 6.92 Å². The van der Waals surface area contributed by atoms with Gasteiger partial charge in [0, 0.05) is 12.1 Å². The first-order valence-corrected chi connectivity index (χ1v) is 8.48. The van der Waals surface area contributed by atoms with Crippen LogP contribution in [0.1, 0.15) is 30.5 Å². The molecule has 1 heterocycles. The lowest BCUT2D eigenvalue weighted by atomic mass is 9.94. The Kier molecular flexibility index (Phi) is 4.80. The second-order valence-electron chi connectivity index (χ2n) is 6.23. The number of ether oxygens (including phenoxy) is 1. The number of amides is 1. The zero-order valence-corrected chi connectivity index (χ0v) is 15.0. The van der Waals surface area contributed by atoms with Crippen molar-refractivity contribution in [3.8, 4) is 5.75 Å². The van der Waals surface area contributed by atoms with Crippen molar-refractivity contribution in [2.24, 2.45) is 0 Å². The standard InChI is InChI=1S/C21H21NO4/c1-4-17(23)18-19(14-7-5-6-13(2)12-14)22(21(25)20(18)24)15-8-10-16(26-3)11-9-15/h5-12,19,24H,4H2,1-3H3. The summed E-state index contributed by atoms with van der Waals surface area (Å²) in [7, 11) is 1.57. The molecule has 1 atom stereocenters. The van der Waals surface area contributed by atoms with Crippen LogP contribution in [0.3, 0.4) is 0 Å². The monoisotopic (exact) mass is 351 g/mol. The van der Waals surface area contributed by atoms with Crippen molar-refractivity contribution in [1.82, 2.24) is 0 Å². The fourth-order valence-corrected chi connectivity index (χ4v) is 3.25. The van der Waals surface area contributed by atoms with Crippen LogP contribution in [0.4, 0.5) is 5.69 Å². The number of hydrogen-bond donors (Lipinski definition) is 1. The van der Waals surface area contributed by atoms with Gasteiger partial charge in [-0.1, -0.05) is 36.8 Å². The number of carbonyl (C=O) groups is 2. The summed E-state index contributed by atoms with van der Waals surface area (Å²) >= 11 is 0. The van der Waals surface area contributed by atoms with Gasteiger partial charge < -0.3 is 9.84 Å². The summed E-state index contributed by atoms with van der Waals surface area (Å²) in [6.45, 7) is 3.67. The van der Waals surface area contributed by atoms with Crippen molar-refractivity contribution in [3.63, 3.8) is 0 Å². The third-order valence-corrected chi connectivity index (χ3v) is 4.54. The van der Waals surface area contributed by atoms with E-state index >= 15 is 0 Å². The van der Waals surface area contributed by atoms with Gasteiger partial charge in [-0.2, -0.15) is 0 Å². The molecule has 2 aromatic rings. The number of methoxy groups -OCH3 is 1. The van der Waals surface area contributed by atoms with Gasteiger partial charge >= 0.3 is 0 Å². The fraction of sp³-hybridized carbons (Fsp3) is 0.238. The molecule has 26 heavy (non-hydrogen) atoms. The molecule has 134 valence electrons. The lowest BCUT2D eigenvalue weighted by Crippen LogP contribution is -2.31. The van der Waals surface area contributed by atoms with Crippen LogP contribution < -0.4 is 9.64 Å². The topological polar surface area (TPSA) is 66.8 Å². The number of rotatable bonds is 5. The van der Waals surface area contributed by atoms with E-state index in [2.05, 4.69) is 0 Å². The fourth-order valence-electron chi connectivity index (χ4n) is 3.25. The summed E-state index contributed by atoms with van der Waals surface area (Å²) < 4.78 is 5.17. The average Bonchev–Trinajstić information content (AvgIpc) is 2.92. The number of nitrogens with zero attached hydrogens (tertiary/aromatic N) is 1. The molecule has 0 saturated heterocycles. The van der Waals surface area contributed by atoms with Gasteiger partial charge in [0.2, 0.25) is 0 Å². The van der Waals surface area contributed by atoms with Crippen molar-refractivity contribution >= 4 is 17.4 Å². The first kappa shape index (κ1) is 17.7. The van der Waals surface area contributed by atoms with Gasteiger partial charge in [0.15, 0.2) is 11.5 Å². The van der Waals surface area contributed by atoms with Gasteiger partial charge in [0.25, 0.3) is 5.91 Å². The molecule has 0 bridgehead atoms. The van der Waals surface area contributed by atoms with Gasteiger partial charge in [-0.3, -0.25) is 14.5 Å². The van der Waals surface area contributed by atoms with E-state index in [0.29, 0.717) is 11.4 Å². The predicted octanol–water partition coefficient (Wildman–Crippen LogP) is 3.88. The maximum Gasteiger partial charge on any atom is 0.294 e. The molecule has 1 amide bonds. The normalized spacial score (nSPS) is 17.0. The van der Waals surface area contributed by atoms with Gasteiger partial charge in [-0.15, -0.1) is 0 Å². The van der Waals surface area contributed by atoms with Crippen LogP contribution in [0.25, 0.3) is 0 Å². The van der Waals surface area contributed by atoms with Crippen LogP contribution >= 0.6 is 0 Å². The number of ketones is 1. The predicted molar refractivity (Wildman–Crippen MR) is 99.4 cm³/mol. The Morgan fingerprint density at radius 2 is 1.88 bits per heavy atom. The maximum absolute atomic E-state index is 12.8. The van der Waals surface area contributed by atoms with Crippen molar-refractivity contribution in [3.05, 3.63) is 71.0 Å². The van der Waals surface area contributed by atoms with Crippen LogP contribution in [-0.2, 0) is 9.59 Å². The van der Waals surface area contributed by atoms with Crippen molar-refractivity contribution in [1.29, 1.82) is 0 Å². The van der Waals surface area contributed by atoms with Gasteiger partial charge in [0.1, 0.15) is 5.75 Å². The summed E-state index contributed by atoms with van der Waals surface area (Å²) in [6.07, 6.45) is 0.214. The van der Waals surface area contributed by atoms with E-state index in [-0.39, 0.29) is 17.8 Å². The van der Waals surface area contributed by atoms with E-state index in [1.165, 1.54) is 4.90 Å². The average molecular weight is 351 g/mol. The molecule has 5 nitrogen and oxygen atoms in total. The lowest BCUT2D eigenvalue weighted by molar-refractivity contribution is -0.118. The van der Waals surface area contributed by atoms with Crippen molar-refractivity contribution in [2.45, 2.75) is 26.3 Å². The number of aliphatic hydroxyl groups is 1. The van der Waals surface area contributed by atoms with E-state index in [1.54, 1.807) is 38.3 Å². The highest BCUT2D eigenvalue weighted by atomic mass is 16.5. The molecule has 1 aliphatic heterocycles. The quantitative estimate of drug-likeness (QED) is 0.888.